The summed E-state index contributed by atoms with van der Waals surface area (Å²) in [5.41, 5.74) is 2.36. The monoisotopic (exact) mass is 358 g/mol. The molecule has 0 saturated heterocycles. The van der Waals surface area contributed by atoms with Gasteiger partial charge in [-0.2, -0.15) is 4.98 Å². The lowest BCUT2D eigenvalue weighted by atomic mass is 9.73. The molecule has 2 aliphatic rings. The predicted octanol–water partition coefficient (Wildman–Crippen LogP) is 3.80. The number of anilines is 1. The van der Waals surface area contributed by atoms with Gasteiger partial charge in [-0.25, -0.2) is 9.07 Å². The number of halogens is 1. The van der Waals surface area contributed by atoms with Gasteiger partial charge in [-0.1, -0.05) is 37.7 Å². The zero-order chi connectivity index (χ0) is 17.8. The number of aromatic nitrogens is 3. The first-order valence-corrected chi connectivity index (χ1v) is 9.40. The van der Waals surface area contributed by atoms with Crippen LogP contribution in [0.1, 0.15) is 38.3 Å². The van der Waals surface area contributed by atoms with Gasteiger partial charge >= 0.3 is 0 Å². The Bertz CT molecular complexity index is 885. The van der Waals surface area contributed by atoms with E-state index in [1.165, 1.54) is 23.9 Å². The molecule has 1 atom stereocenters. The summed E-state index contributed by atoms with van der Waals surface area (Å²) < 4.78 is 15.1. The average Bonchev–Trinajstić information content (AvgIpc) is 2.95. The van der Waals surface area contributed by atoms with Crippen LogP contribution in [0.5, 0.6) is 0 Å². The number of thioether (sulfide) groups is 1. The van der Waals surface area contributed by atoms with E-state index in [1.54, 1.807) is 16.8 Å². The lowest BCUT2D eigenvalue weighted by Gasteiger charge is -2.38. The number of hydrogen-bond acceptors (Lipinski definition) is 5. The van der Waals surface area contributed by atoms with E-state index in [-0.39, 0.29) is 23.1 Å². The molecule has 1 aliphatic heterocycles. The van der Waals surface area contributed by atoms with Gasteiger partial charge in [-0.3, -0.25) is 4.79 Å². The van der Waals surface area contributed by atoms with Crippen molar-refractivity contribution >= 4 is 23.5 Å². The fourth-order valence-corrected chi connectivity index (χ4v) is 3.98. The smallest absolute Gasteiger partial charge is 0.227 e. The third-order valence-corrected chi connectivity index (χ3v) is 5.22. The molecule has 5 nitrogen and oxygen atoms in total. The largest absolute Gasteiger partial charge is 0.328 e. The number of fused-ring (bicyclic) bond motifs is 1. The molecule has 7 heteroatoms. The van der Waals surface area contributed by atoms with Crippen LogP contribution < -0.4 is 5.32 Å². The second kappa shape index (κ2) is 5.69. The van der Waals surface area contributed by atoms with E-state index in [1.807, 2.05) is 6.26 Å². The van der Waals surface area contributed by atoms with Gasteiger partial charge in [0.2, 0.25) is 11.1 Å². The fraction of sp³-hybridized carbons (Fsp3) is 0.389. The molecule has 0 bridgehead atoms. The van der Waals surface area contributed by atoms with Crippen LogP contribution in [0.15, 0.2) is 40.7 Å². The minimum atomic E-state index is -0.371. The Morgan fingerprint density at radius 1 is 1.28 bits per heavy atom. The van der Waals surface area contributed by atoms with E-state index in [9.17, 15) is 9.18 Å². The van der Waals surface area contributed by atoms with Crippen molar-refractivity contribution in [1.29, 1.82) is 0 Å². The second-order valence-corrected chi connectivity index (χ2v) is 8.05. The number of nitrogens with one attached hydrogen (secondary N) is 1. The number of benzene rings is 1. The Morgan fingerprint density at radius 3 is 2.68 bits per heavy atom. The Balaban J connectivity index is 1.90. The van der Waals surface area contributed by atoms with Crippen LogP contribution in [0.2, 0.25) is 0 Å². The number of carbonyl (C=O) groups excluding carboxylic acids is 1. The lowest BCUT2D eigenvalue weighted by Crippen LogP contribution is -2.36. The highest BCUT2D eigenvalue weighted by atomic mass is 32.2. The van der Waals surface area contributed by atoms with Crippen molar-refractivity contribution in [3.8, 4) is 0 Å². The van der Waals surface area contributed by atoms with Gasteiger partial charge in [0.1, 0.15) is 11.9 Å². The first-order valence-electron chi connectivity index (χ1n) is 8.17. The van der Waals surface area contributed by atoms with Crippen molar-refractivity contribution < 1.29 is 9.18 Å². The summed E-state index contributed by atoms with van der Waals surface area (Å²) in [7, 11) is 0. The summed E-state index contributed by atoms with van der Waals surface area (Å²) in [4.78, 5) is 17.5. The van der Waals surface area contributed by atoms with Gasteiger partial charge in [0.15, 0.2) is 5.78 Å². The topological polar surface area (TPSA) is 59.8 Å². The van der Waals surface area contributed by atoms with Crippen molar-refractivity contribution in [2.75, 3.05) is 11.6 Å². The Labute approximate surface area is 149 Å². The molecule has 0 amide bonds. The molecule has 4 rings (SSSR count). The molecule has 1 N–H and O–H groups in total. The maximum atomic E-state index is 13.4. The number of rotatable bonds is 2. The molecule has 0 fully saturated rings. The van der Waals surface area contributed by atoms with Crippen molar-refractivity contribution in [2.45, 2.75) is 37.9 Å². The highest BCUT2D eigenvalue weighted by Gasteiger charge is 2.41. The van der Waals surface area contributed by atoms with Crippen LogP contribution in [0.4, 0.5) is 10.3 Å². The van der Waals surface area contributed by atoms with Gasteiger partial charge in [-0.05, 0) is 35.8 Å². The maximum Gasteiger partial charge on any atom is 0.227 e. The summed E-state index contributed by atoms with van der Waals surface area (Å²) in [6.45, 7) is 4.19. The first kappa shape index (κ1) is 16.3. The summed E-state index contributed by atoms with van der Waals surface area (Å²) >= 11 is 1.45. The molecule has 0 radical (unpaired) electrons. The number of ketones is 1. The third-order valence-electron chi connectivity index (χ3n) is 4.68. The highest BCUT2D eigenvalue weighted by Crippen LogP contribution is 2.45. The van der Waals surface area contributed by atoms with E-state index in [0.717, 1.165) is 23.3 Å². The number of allylic oxidation sites excluding steroid dienone is 2. The minimum Gasteiger partial charge on any atom is -0.328 e. The van der Waals surface area contributed by atoms with Crippen LogP contribution >= 0.6 is 11.8 Å². The van der Waals surface area contributed by atoms with Crippen LogP contribution in [0.3, 0.4) is 0 Å². The normalized spacial score (nSPS) is 21.6. The maximum absolute atomic E-state index is 13.4. The summed E-state index contributed by atoms with van der Waals surface area (Å²) in [6.07, 6.45) is 3.17. The Morgan fingerprint density at radius 2 is 2.00 bits per heavy atom. The SMILES string of the molecule is CSc1nc2n(n1)[C@H](c1ccc(F)cc1)C1=C(CC(C)(C)CC1=O)N2. The van der Waals surface area contributed by atoms with Gasteiger partial charge < -0.3 is 5.32 Å². The fourth-order valence-electron chi connectivity index (χ4n) is 3.63. The van der Waals surface area contributed by atoms with Crippen molar-refractivity contribution in [3.63, 3.8) is 0 Å². The number of Topliss-reactive ketones (excluding diaryl/α,β-unsaturated/α-hetero) is 1. The van der Waals surface area contributed by atoms with Crippen molar-refractivity contribution in [3.05, 3.63) is 46.9 Å². The molecule has 1 aromatic carbocycles. The van der Waals surface area contributed by atoms with Crippen molar-refractivity contribution in [2.24, 2.45) is 5.41 Å². The molecular weight excluding hydrogens is 339 g/mol. The van der Waals surface area contributed by atoms with E-state index in [2.05, 4.69) is 29.2 Å². The standard InChI is InChI=1S/C18H19FN4OS/c1-18(2)8-12-14(13(24)9-18)15(10-4-6-11(19)7-5-10)23-16(20-12)21-17(22-23)25-3/h4-7,15H,8-9H2,1-3H3,(H,20,21,22)/t15-/m1/s1. The third kappa shape index (κ3) is 2.76. The van der Waals surface area contributed by atoms with Gasteiger partial charge in [0.05, 0.1) is 0 Å². The first-order chi connectivity index (χ1) is 11.9. The van der Waals surface area contributed by atoms with Gasteiger partial charge in [-0.15, -0.1) is 5.10 Å². The summed E-state index contributed by atoms with van der Waals surface area (Å²) in [6, 6.07) is 5.89. The van der Waals surface area contributed by atoms with E-state index < -0.39 is 0 Å². The Kier molecular flexibility index (Phi) is 3.72. The number of hydrogen-bond donors (Lipinski definition) is 1. The van der Waals surface area contributed by atoms with Crippen LogP contribution in [-0.2, 0) is 4.79 Å². The summed E-state index contributed by atoms with van der Waals surface area (Å²) in [5.74, 6) is 0.439. The zero-order valence-corrected chi connectivity index (χ0v) is 15.2. The van der Waals surface area contributed by atoms with Gasteiger partial charge in [0.25, 0.3) is 0 Å². The van der Waals surface area contributed by atoms with E-state index in [0.29, 0.717) is 17.5 Å². The molecule has 2 heterocycles. The van der Waals surface area contributed by atoms with Gasteiger partial charge in [0, 0.05) is 17.7 Å². The van der Waals surface area contributed by atoms with E-state index in [4.69, 9.17) is 0 Å². The second-order valence-electron chi connectivity index (χ2n) is 7.28. The molecule has 0 unspecified atom stereocenters. The van der Waals surface area contributed by atoms with Crippen LogP contribution in [-0.4, -0.2) is 26.8 Å². The zero-order valence-electron chi connectivity index (χ0n) is 14.3. The summed E-state index contributed by atoms with van der Waals surface area (Å²) in [5, 5.41) is 8.49. The van der Waals surface area contributed by atoms with Crippen LogP contribution in [0, 0.1) is 11.2 Å². The molecule has 1 aromatic heterocycles. The predicted molar refractivity (Wildman–Crippen MR) is 95.0 cm³/mol. The number of nitrogens with zero attached hydrogens (tertiary/aromatic N) is 3. The molecule has 130 valence electrons. The highest BCUT2D eigenvalue weighted by molar-refractivity contribution is 7.98. The molecule has 0 spiro atoms. The average molecular weight is 358 g/mol. The quantitative estimate of drug-likeness (QED) is 0.828. The van der Waals surface area contributed by atoms with Crippen molar-refractivity contribution in [1.82, 2.24) is 14.8 Å². The molecular formula is C18H19FN4OS. The molecule has 1 aliphatic carbocycles. The Hall–Kier alpha value is -2.15. The van der Waals surface area contributed by atoms with E-state index >= 15 is 0 Å². The minimum absolute atomic E-state index is 0.0964. The molecule has 25 heavy (non-hydrogen) atoms. The van der Waals surface area contributed by atoms with Crippen LogP contribution in [0.25, 0.3) is 0 Å². The lowest BCUT2D eigenvalue weighted by molar-refractivity contribution is -0.118. The number of carbonyl (C=O) groups is 1. The molecule has 2 aromatic rings. The molecule has 0 saturated carbocycles.